The first-order valence-electron chi connectivity index (χ1n) is 7.88. The van der Waals surface area contributed by atoms with E-state index in [9.17, 15) is 19.1 Å². The summed E-state index contributed by atoms with van der Waals surface area (Å²) < 4.78 is 11.3. The molecule has 0 saturated heterocycles. The van der Waals surface area contributed by atoms with Gasteiger partial charge in [0.25, 0.3) is 0 Å². The maximum absolute atomic E-state index is 11.6. The van der Waals surface area contributed by atoms with Crippen molar-refractivity contribution in [3.63, 3.8) is 0 Å². The third kappa shape index (κ3) is 4.92. The van der Waals surface area contributed by atoms with Crippen molar-refractivity contribution in [3.05, 3.63) is 58.7 Å². The van der Waals surface area contributed by atoms with E-state index in [0.717, 1.165) is 22.4 Å². The highest BCUT2D eigenvalue weighted by molar-refractivity contribution is 7.51. The number of carbonyl (C=O) groups excluding carboxylic acids is 1. The Bertz CT molecular complexity index is 845. The average molecular weight is 362 g/mol. The van der Waals surface area contributed by atoms with Gasteiger partial charge in [0, 0.05) is 23.5 Å². The first-order valence-corrected chi connectivity index (χ1v) is 9.68. The molecule has 2 aromatic rings. The van der Waals surface area contributed by atoms with Crippen LogP contribution in [-0.2, 0) is 4.57 Å². The Morgan fingerprint density at radius 1 is 1.00 bits per heavy atom. The summed E-state index contributed by atoms with van der Waals surface area (Å²) in [4.78, 5) is 31.9. The van der Waals surface area contributed by atoms with Crippen LogP contribution >= 0.6 is 7.60 Å². The van der Waals surface area contributed by atoms with Gasteiger partial charge in [0.2, 0.25) is 5.91 Å². The van der Waals surface area contributed by atoms with E-state index in [2.05, 4.69) is 0 Å². The number of primary amides is 1. The fraction of sp³-hybridized carbons (Fsp3) is 0.278. The van der Waals surface area contributed by atoms with E-state index >= 15 is 0 Å². The quantitative estimate of drug-likeness (QED) is 0.685. The Kier molecular flexibility index (Phi) is 5.68. The summed E-state index contributed by atoms with van der Waals surface area (Å²) in [7, 11) is -4.16. The lowest BCUT2D eigenvalue weighted by Crippen LogP contribution is -2.22. The molecule has 0 spiro atoms. The molecule has 2 aromatic carbocycles. The second-order valence-corrected chi connectivity index (χ2v) is 7.95. The van der Waals surface area contributed by atoms with Crippen LogP contribution in [0, 0.1) is 20.8 Å². The molecular formula is C18H23N2O4P. The molecule has 0 saturated carbocycles. The fourth-order valence-corrected chi connectivity index (χ4v) is 3.03. The van der Waals surface area contributed by atoms with E-state index in [1.54, 1.807) is 24.0 Å². The number of rotatable bonds is 6. The molecule has 4 N–H and O–H groups in total. The van der Waals surface area contributed by atoms with Crippen LogP contribution in [0.25, 0.3) is 0 Å². The maximum atomic E-state index is 11.6. The van der Waals surface area contributed by atoms with Crippen LogP contribution in [0.1, 0.15) is 27.0 Å². The van der Waals surface area contributed by atoms with Gasteiger partial charge in [0.05, 0.1) is 6.16 Å². The number of carbonyl (C=O) groups is 1. The predicted molar refractivity (Wildman–Crippen MR) is 99.5 cm³/mol. The van der Waals surface area contributed by atoms with Gasteiger partial charge in [0.15, 0.2) is 0 Å². The highest BCUT2D eigenvalue weighted by Gasteiger charge is 2.19. The predicted octanol–water partition coefficient (Wildman–Crippen LogP) is 3.03. The van der Waals surface area contributed by atoms with E-state index in [0.29, 0.717) is 11.3 Å². The number of aryl methyl sites for hydroxylation is 3. The van der Waals surface area contributed by atoms with Crippen molar-refractivity contribution in [2.45, 2.75) is 20.8 Å². The fourth-order valence-electron chi connectivity index (χ4n) is 2.57. The lowest BCUT2D eigenvalue weighted by molar-refractivity contribution is 0.0999. The molecule has 134 valence electrons. The molecule has 7 heteroatoms. The molecule has 0 bridgehead atoms. The Morgan fingerprint density at radius 3 is 2.08 bits per heavy atom. The monoisotopic (exact) mass is 362 g/mol. The molecule has 0 aliphatic heterocycles. The summed E-state index contributed by atoms with van der Waals surface area (Å²) in [5.74, 6) is -0.533. The number of benzene rings is 2. The molecule has 0 aliphatic carbocycles. The van der Waals surface area contributed by atoms with Gasteiger partial charge in [-0.2, -0.15) is 0 Å². The van der Waals surface area contributed by atoms with Crippen LogP contribution in [0.4, 0.5) is 11.4 Å². The summed E-state index contributed by atoms with van der Waals surface area (Å²) in [5, 5.41) is 0. The molecule has 0 aromatic heterocycles. The van der Waals surface area contributed by atoms with Crippen LogP contribution < -0.4 is 10.6 Å². The van der Waals surface area contributed by atoms with Crippen LogP contribution in [0.2, 0.25) is 0 Å². The van der Waals surface area contributed by atoms with E-state index in [-0.39, 0.29) is 12.7 Å². The van der Waals surface area contributed by atoms with E-state index < -0.39 is 13.5 Å². The first kappa shape index (κ1) is 19.2. The van der Waals surface area contributed by atoms with Crippen molar-refractivity contribution in [1.29, 1.82) is 0 Å². The Morgan fingerprint density at radius 2 is 1.56 bits per heavy atom. The normalized spacial score (nSPS) is 11.4. The van der Waals surface area contributed by atoms with Gasteiger partial charge in [0.1, 0.15) is 0 Å². The van der Waals surface area contributed by atoms with Gasteiger partial charge >= 0.3 is 7.60 Å². The molecule has 25 heavy (non-hydrogen) atoms. The van der Waals surface area contributed by atoms with Crippen molar-refractivity contribution in [3.8, 4) is 0 Å². The molecule has 0 heterocycles. The third-order valence-corrected chi connectivity index (χ3v) is 5.00. The molecule has 6 nitrogen and oxygen atoms in total. The average Bonchev–Trinajstić information content (AvgIpc) is 2.51. The van der Waals surface area contributed by atoms with Gasteiger partial charge in [-0.25, -0.2) is 0 Å². The molecule has 0 unspecified atom stereocenters. The van der Waals surface area contributed by atoms with E-state index in [4.69, 9.17) is 5.73 Å². The largest absolute Gasteiger partial charge is 0.366 e. The molecule has 1 amide bonds. The molecular weight excluding hydrogens is 339 g/mol. The molecule has 0 aliphatic rings. The summed E-state index contributed by atoms with van der Waals surface area (Å²) in [6.45, 7) is 5.88. The zero-order valence-corrected chi connectivity index (χ0v) is 15.5. The first-order chi connectivity index (χ1) is 11.6. The highest BCUT2D eigenvalue weighted by atomic mass is 31.2. The van der Waals surface area contributed by atoms with Crippen LogP contribution in [0.3, 0.4) is 0 Å². The lowest BCUT2D eigenvalue weighted by Gasteiger charge is -2.26. The molecule has 0 fully saturated rings. The Labute approximate surface area is 147 Å². The van der Waals surface area contributed by atoms with Crippen LogP contribution in [-0.4, -0.2) is 28.4 Å². The maximum Gasteiger partial charge on any atom is 0.327 e. The summed E-state index contributed by atoms with van der Waals surface area (Å²) in [5.41, 5.74) is 10.2. The van der Waals surface area contributed by atoms with Crippen molar-refractivity contribution in [2.75, 3.05) is 17.6 Å². The smallest absolute Gasteiger partial charge is 0.327 e. The number of hydrogen-bond acceptors (Lipinski definition) is 3. The van der Waals surface area contributed by atoms with Crippen LogP contribution in [0.15, 0.2) is 36.4 Å². The summed E-state index contributed by atoms with van der Waals surface area (Å²) in [6, 6.07) is 11.1. The van der Waals surface area contributed by atoms with Gasteiger partial charge in [-0.3, -0.25) is 9.36 Å². The minimum Gasteiger partial charge on any atom is -0.366 e. The third-order valence-electron chi connectivity index (χ3n) is 4.22. The highest BCUT2D eigenvalue weighted by Crippen LogP contribution is 2.36. The van der Waals surface area contributed by atoms with Crippen molar-refractivity contribution in [1.82, 2.24) is 0 Å². The number of hydrogen-bond donors (Lipinski definition) is 3. The van der Waals surface area contributed by atoms with Gasteiger partial charge in [-0.15, -0.1) is 0 Å². The summed E-state index contributed by atoms with van der Waals surface area (Å²) >= 11 is 0. The lowest BCUT2D eigenvalue weighted by atomic mass is 10.1. The molecule has 0 radical (unpaired) electrons. The SMILES string of the molecule is Cc1ccc(N(CCP(=O)(O)O)c2ccc(C)c(C(N)=O)c2)cc1C. The minimum absolute atomic E-state index is 0.119. The minimum atomic E-state index is -4.16. The zero-order valence-electron chi connectivity index (χ0n) is 14.6. The standard InChI is InChI=1S/C18H23N2O4P/c1-12-4-6-15(10-14(12)3)20(8-9-25(22,23)24)16-7-5-13(2)17(11-16)18(19)21/h4-7,10-11H,8-9H2,1-3H3,(H2,19,21)(H2,22,23,24). The second-order valence-electron chi connectivity index (χ2n) is 6.17. The number of amides is 1. The van der Waals surface area contributed by atoms with Gasteiger partial charge in [-0.05, 0) is 61.7 Å². The molecule has 2 rings (SSSR count). The Balaban J connectivity index is 2.50. The molecule has 0 atom stereocenters. The zero-order chi connectivity index (χ0) is 18.8. The van der Waals surface area contributed by atoms with E-state index in [1.807, 2.05) is 38.1 Å². The number of nitrogens with zero attached hydrogens (tertiary/aromatic N) is 1. The topological polar surface area (TPSA) is 104 Å². The Hall–Kier alpha value is -2.14. The van der Waals surface area contributed by atoms with Crippen LogP contribution in [0.5, 0.6) is 0 Å². The number of anilines is 2. The van der Waals surface area contributed by atoms with Gasteiger partial charge in [-0.1, -0.05) is 12.1 Å². The van der Waals surface area contributed by atoms with Crippen molar-refractivity contribution in [2.24, 2.45) is 5.73 Å². The van der Waals surface area contributed by atoms with E-state index in [1.165, 1.54) is 0 Å². The van der Waals surface area contributed by atoms with Crippen molar-refractivity contribution < 1.29 is 19.1 Å². The summed E-state index contributed by atoms with van der Waals surface area (Å²) in [6.07, 6.45) is -0.292. The van der Waals surface area contributed by atoms with Gasteiger partial charge < -0.3 is 20.4 Å². The second kappa shape index (κ2) is 7.40. The van der Waals surface area contributed by atoms with Crippen molar-refractivity contribution >= 4 is 24.9 Å². The number of nitrogens with two attached hydrogens (primary N) is 1.